The van der Waals surface area contributed by atoms with Crippen molar-refractivity contribution in [3.63, 3.8) is 0 Å². The molecule has 7 heteroatoms. The molecule has 0 spiro atoms. The van der Waals surface area contributed by atoms with Gasteiger partial charge in [-0.05, 0) is 75.4 Å². The molecule has 0 bridgehead atoms. The van der Waals surface area contributed by atoms with Crippen molar-refractivity contribution < 1.29 is 23.5 Å². The van der Waals surface area contributed by atoms with Gasteiger partial charge < -0.3 is 14.9 Å². The fourth-order valence-electron chi connectivity index (χ4n) is 3.61. The van der Waals surface area contributed by atoms with Crippen molar-refractivity contribution in [2.75, 3.05) is 27.2 Å². The molecule has 1 aliphatic rings. The van der Waals surface area contributed by atoms with Crippen LogP contribution in [0.1, 0.15) is 29.2 Å². The summed E-state index contributed by atoms with van der Waals surface area (Å²) >= 11 is 0. The molecule has 158 valence electrons. The number of aliphatic hydroxyl groups excluding tert-OH is 1. The van der Waals surface area contributed by atoms with Crippen molar-refractivity contribution in [2.24, 2.45) is 0 Å². The smallest absolute Gasteiger partial charge is 0.295 e. The van der Waals surface area contributed by atoms with Crippen molar-refractivity contribution in [3.8, 4) is 0 Å². The lowest BCUT2D eigenvalue weighted by Gasteiger charge is -2.26. The third kappa shape index (κ3) is 4.26. The van der Waals surface area contributed by atoms with Crippen LogP contribution in [0.5, 0.6) is 0 Å². The second-order valence-electron chi connectivity index (χ2n) is 7.66. The zero-order valence-electron chi connectivity index (χ0n) is 17.2. The average Bonchev–Trinajstić information content (AvgIpc) is 2.95. The molecule has 2 aromatic carbocycles. The van der Waals surface area contributed by atoms with E-state index in [0.29, 0.717) is 30.6 Å². The van der Waals surface area contributed by atoms with Crippen LogP contribution in [0.4, 0.5) is 8.78 Å². The molecule has 1 atom stereocenters. The molecule has 1 N–H and O–H groups in total. The minimum absolute atomic E-state index is 0.0810. The van der Waals surface area contributed by atoms with Gasteiger partial charge in [-0.15, -0.1) is 0 Å². The summed E-state index contributed by atoms with van der Waals surface area (Å²) in [6.07, 6.45) is 0.618. The Hall–Kier alpha value is -3.06. The predicted molar refractivity (Wildman–Crippen MR) is 110 cm³/mol. The Labute approximate surface area is 174 Å². The second kappa shape index (κ2) is 8.75. The first-order valence-electron chi connectivity index (χ1n) is 9.66. The number of nitrogens with zero attached hydrogens (tertiary/aromatic N) is 2. The Morgan fingerprint density at radius 1 is 1.10 bits per heavy atom. The van der Waals surface area contributed by atoms with Crippen LogP contribution in [-0.2, 0) is 9.59 Å². The average molecular weight is 414 g/mol. The number of aliphatic hydroxyl groups is 1. The summed E-state index contributed by atoms with van der Waals surface area (Å²) in [5.41, 5.74) is 0.980. The largest absolute Gasteiger partial charge is 0.507 e. The quantitative estimate of drug-likeness (QED) is 0.445. The van der Waals surface area contributed by atoms with Crippen LogP contribution in [0.15, 0.2) is 48.0 Å². The molecular weight excluding hydrogens is 390 g/mol. The number of ketones is 1. The van der Waals surface area contributed by atoms with Crippen LogP contribution in [0.25, 0.3) is 5.76 Å². The second-order valence-corrected chi connectivity index (χ2v) is 7.66. The number of Topliss-reactive ketones (excluding diaryl/α,β-unsaturated/α-hetero) is 1. The first-order chi connectivity index (χ1) is 14.2. The number of hydrogen-bond acceptors (Lipinski definition) is 4. The summed E-state index contributed by atoms with van der Waals surface area (Å²) in [4.78, 5) is 29.0. The van der Waals surface area contributed by atoms with Gasteiger partial charge in [0, 0.05) is 12.1 Å². The van der Waals surface area contributed by atoms with E-state index in [1.54, 1.807) is 6.92 Å². The molecule has 0 aromatic heterocycles. The van der Waals surface area contributed by atoms with Crippen LogP contribution in [0, 0.1) is 18.6 Å². The summed E-state index contributed by atoms with van der Waals surface area (Å²) in [5.74, 6) is -2.79. The fourth-order valence-corrected chi connectivity index (χ4v) is 3.61. The number of halogens is 2. The Kier molecular flexibility index (Phi) is 6.31. The third-order valence-corrected chi connectivity index (χ3v) is 5.16. The number of carbonyl (C=O) groups excluding carboxylic acids is 2. The van der Waals surface area contributed by atoms with Gasteiger partial charge >= 0.3 is 0 Å². The number of likely N-dealkylation sites (tertiary alicyclic amines) is 1. The van der Waals surface area contributed by atoms with Gasteiger partial charge in [-0.3, -0.25) is 9.59 Å². The molecule has 1 fully saturated rings. The van der Waals surface area contributed by atoms with Crippen molar-refractivity contribution in [3.05, 3.63) is 76.4 Å². The molecule has 0 radical (unpaired) electrons. The topological polar surface area (TPSA) is 60.9 Å². The highest BCUT2D eigenvalue weighted by Gasteiger charge is 2.45. The fraction of sp³-hybridized carbons (Fsp3) is 0.304. The van der Waals surface area contributed by atoms with Gasteiger partial charge in [0.2, 0.25) is 0 Å². The highest BCUT2D eigenvalue weighted by Crippen LogP contribution is 2.39. The Morgan fingerprint density at radius 3 is 2.37 bits per heavy atom. The van der Waals surface area contributed by atoms with E-state index in [4.69, 9.17) is 0 Å². The van der Waals surface area contributed by atoms with Crippen LogP contribution in [0.3, 0.4) is 0 Å². The van der Waals surface area contributed by atoms with Crippen LogP contribution < -0.4 is 0 Å². The van der Waals surface area contributed by atoms with Crippen molar-refractivity contribution in [1.82, 2.24) is 9.80 Å². The lowest BCUT2D eigenvalue weighted by molar-refractivity contribution is -0.139. The van der Waals surface area contributed by atoms with Gasteiger partial charge in [-0.1, -0.05) is 12.1 Å². The van der Waals surface area contributed by atoms with Gasteiger partial charge in [-0.25, -0.2) is 8.78 Å². The highest BCUT2D eigenvalue weighted by atomic mass is 19.1. The minimum Gasteiger partial charge on any atom is -0.507 e. The molecule has 3 rings (SSSR count). The zero-order chi connectivity index (χ0) is 22.0. The summed E-state index contributed by atoms with van der Waals surface area (Å²) < 4.78 is 27.1. The Morgan fingerprint density at radius 2 is 1.77 bits per heavy atom. The lowest BCUT2D eigenvalue weighted by atomic mass is 9.94. The molecule has 1 heterocycles. The molecule has 1 unspecified atom stereocenters. The monoisotopic (exact) mass is 414 g/mol. The SMILES string of the molecule is Cc1cc(/C(O)=C2/C(=O)C(=O)N(CCCN(C)C)C2c2ccc(F)cc2)ccc1F. The molecule has 0 aliphatic carbocycles. The molecule has 1 aliphatic heterocycles. The third-order valence-electron chi connectivity index (χ3n) is 5.16. The first-order valence-corrected chi connectivity index (χ1v) is 9.66. The lowest BCUT2D eigenvalue weighted by Crippen LogP contribution is -2.32. The molecule has 30 heavy (non-hydrogen) atoms. The number of benzene rings is 2. The maximum absolute atomic E-state index is 13.7. The van der Waals surface area contributed by atoms with Crippen molar-refractivity contribution in [1.29, 1.82) is 0 Å². The van der Waals surface area contributed by atoms with E-state index in [2.05, 4.69) is 0 Å². The minimum atomic E-state index is -0.849. The maximum Gasteiger partial charge on any atom is 0.295 e. The standard InChI is InChI=1S/C23H24F2N2O3/c1-14-13-16(7-10-18(14)25)21(28)19-20(15-5-8-17(24)9-6-15)27(23(30)22(19)29)12-4-11-26(2)3/h5-10,13,20,28H,4,11-12H2,1-3H3/b21-19-. The number of hydrogen-bond donors (Lipinski definition) is 1. The van der Waals surface area contributed by atoms with E-state index < -0.39 is 29.4 Å². The summed E-state index contributed by atoms with van der Waals surface area (Å²) in [6.45, 7) is 2.55. The van der Waals surface area contributed by atoms with E-state index in [-0.39, 0.29) is 16.9 Å². The highest BCUT2D eigenvalue weighted by molar-refractivity contribution is 6.46. The van der Waals surface area contributed by atoms with E-state index >= 15 is 0 Å². The molecular formula is C23H24F2N2O3. The number of amides is 1. The summed E-state index contributed by atoms with van der Waals surface area (Å²) in [6, 6.07) is 8.62. The van der Waals surface area contributed by atoms with Crippen molar-refractivity contribution in [2.45, 2.75) is 19.4 Å². The first kappa shape index (κ1) is 21.6. The van der Waals surface area contributed by atoms with E-state index in [1.807, 2.05) is 19.0 Å². The summed E-state index contributed by atoms with van der Waals surface area (Å²) in [5, 5.41) is 10.9. The van der Waals surface area contributed by atoms with Crippen LogP contribution in [0.2, 0.25) is 0 Å². The van der Waals surface area contributed by atoms with Crippen molar-refractivity contribution >= 4 is 17.4 Å². The number of aryl methyl sites for hydroxylation is 1. The van der Waals surface area contributed by atoms with Gasteiger partial charge in [0.25, 0.3) is 11.7 Å². The van der Waals surface area contributed by atoms with Gasteiger partial charge in [0.1, 0.15) is 17.4 Å². The van der Waals surface area contributed by atoms with Gasteiger partial charge in [0.05, 0.1) is 11.6 Å². The van der Waals surface area contributed by atoms with E-state index in [0.717, 1.165) is 0 Å². The van der Waals surface area contributed by atoms with Crippen LogP contribution >= 0.6 is 0 Å². The number of carbonyl (C=O) groups is 2. The van der Waals surface area contributed by atoms with Crippen LogP contribution in [-0.4, -0.2) is 53.8 Å². The Bertz CT molecular complexity index is 1000. The number of rotatable bonds is 6. The maximum atomic E-state index is 13.7. The molecule has 1 saturated heterocycles. The van der Waals surface area contributed by atoms with E-state index in [1.165, 1.54) is 47.4 Å². The van der Waals surface area contributed by atoms with Gasteiger partial charge in [-0.2, -0.15) is 0 Å². The Balaban J connectivity index is 2.10. The van der Waals surface area contributed by atoms with E-state index in [9.17, 15) is 23.5 Å². The van der Waals surface area contributed by atoms with Gasteiger partial charge in [0.15, 0.2) is 0 Å². The molecule has 2 aromatic rings. The molecule has 1 amide bonds. The summed E-state index contributed by atoms with van der Waals surface area (Å²) in [7, 11) is 3.81. The molecule has 5 nitrogen and oxygen atoms in total. The predicted octanol–water partition coefficient (Wildman–Crippen LogP) is 3.65. The normalized spacial score (nSPS) is 18.5. The zero-order valence-corrected chi connectivity index (χ0v) is 17.2. The molecule has 0 saturated carbocycles.